The third kappa shape index (κ3) is 3.27. The van der Waals surface area contributed by atoms with E-state index in [9.17, 15) is 18.0 Å². The molecule has 20 heavy (non-hydrogen) atoms. The Morgan fingerprint density at radius 1 is 1.20 bits per heavy atom. The minimum absolute atomic E-state index is 0.0796. The van der Waals surface area contributed by atoms with Gasteiger partial charge in [-0.25, -0.2) is 0 Å². The van der Waals surface area contributed by atoms with E-state index in [0.717, 1.165) is 6.42 Å². The van der Waals surface area contributed by atoms with Crippen molar-refractivity contribution in [2.75, 3.05) is 13.1 Å². The summed E-state index contributed by atoms with van der Waals surface area (Å²) in [5, 5.41) is 0. The first-order chi connectivity index (χ1) is 9.30. The van der Waals surface area contributed by atoms with Gasteiger partial charge in [-0.1, -0.05) is 19.8 Å². The second-order valence-electron chi connectivity index (χ2n) is 6.25. The molecule has 1 saturated carbocycles. The molecule has 1 amide bonds. The molecule has 4 atom stereocenters. The lowest BCUT2D eigenvalue weighted by Crippen LogP contribution is -2.53. The molecule has 1 saturated heterocycles. The molecule has 3 nitrogen and oxygen atoms in total. The Morgan fingerprint density at radius 3 is 2.45 bits per heavy atom. The van der Waals surface area contributed by atoms with E-state index in [2.05, 4.69) is 0 Å². The van der Waals surface area contributed by atoms with E-state index in [1.54, 1.807) is 4.90 Å². The summed E-state index contributed by atoms with van der Waals surface area (Å²) in [4.78, 5) is 14.0. The Kier molecular flexibility index (Phi) is 4.62. The van der Waals surface area contributed by atoms with Crippen LogP contribution in [0.1, 0.15) is 39.0 Å². The van der Waals surface area contributed by atoms with Gasteiger partial charge in [0, 0.05) is 25.0 Å². The van der Waals surface area contributed by atoms with Crippen molar-refractivity contribution < 1.29 is 18.0 Å². The number of carbonyl (C=O) groups is 1. The van der Waals surface area contributed by atoms with Crippen LogP contribution in [0.25, 0.3) is 0 Å². The third-order valence-electron chi connectivity index (χ3n) is 4.83. The molecule has 0 aromatic carbocycles. The maximum absolute atomic E-state index is 13.1. The zero-order valence-electron chi connectivity index (χ0n) is 11.8. The number of halogens is 3. The van der Waals surface area contributed by atoms with Crippen molar-refractivity contribution in [2.45, 2.75) is 51.2 Å². The van der Waals surface area contributed by atoms with Crippen LogP contribution in [0.15, 0.2) is 0 Å². The molecule has 2 rings (SSSR count). The maximum atomic E-state index is 13.1. The summed E-state index contributed by atoms with van der Waals surface area (Å²) in [6, 6.07) is -0.124. The number of alkyl halides is 3. The average molecular weight is 292 g/mol. The molecular weight excluding hydrogens is 269 g/mol. The summed E-state index contributed by atoms with van der Waals surface area (Å²) in [7, 11) is 0. The number of likely N-dealkylation sites (tertiary alicyclic amines) is 1. The summed E-state index contributed by atoms with van der Waals surface area (Å²) in [5.41, 5.74) is 5.94. The van der Waals surface area contributed by atoms with Crippen LogP contribution in [0.4, 0.5) is 13.2 Å². The SMILES string of the molecule is CC1CCN(C(=O)C2CCCCC2C(F)(F)F)CC1N. The van der Waals surface area contributed by atoms with Crippen LogP contribution in [-0.4, -0.2) is 36.1 Å². The van der Waals surface area contributed by atoms with E-state index < -0.39 is 18.0 Å². The van der Waals surface area contributed by atoms with Crippen molar-refractivity contribution >= 4 is 5.91 Å². The second-order valence-corrected chi connectivity index (χ2v) is 6.25. The fourth-order valence-corrected chi connectivity index (χ4v) is 3.35. The molecule has 2 N–H and O–H groups in total. The molecule has 1 heterocycles. The Morgan fingerprint density at radius 2 is 1.85 bits per heavy atom. The minimum Gasteiger partial charge on any atom is -0.341 e. The predicted octanol–water partition coefficient (Wildman–Crippen LogP) is 2.55. The van der Waals surface area contributed by atoms with Gasteiger partial charge in [-0.15, -0.1) is 0 Å². The lowest BCUT2D eigenvalue weighted by molar-refractivity contribution is -0.201. The fourth-order valence-electron chi connectivity index (χ4n) is 3.35. The Hall–Kier alpha value is -0.780. The van der Waals surface area contributed by atoms with Crippen LogP contribution in [0.2, 0.25) is 0 Å². The number of piperidine rings is 1. The van der Waals surface area contributed by atoms with Crippen molar-refractivity contribution in [1.82, 2.24) is 4.90 Å². The molecule has 0 aromatic rings. The van der Waals surface area contributed by atoms with Crippen molar-refractivity contribution in [1.29, 1.82) is 0 Å². The maximum Gasteiger partial charge on any atom is 0.392 e. The van der Waals surface area contributed by atoms with Gasteiger partial charge in [0.25, 0.3) is 0 Å². The first-order valence-corrected chi connectivity index (χ1v) is 7.41. The van der Waals surface area contributed by atoms with E-state index in [1.165, 1.54) is 0 Å². The monoisotopic (exact) mass is 292 g/mol. The third-order valence-corrected chi connectivity index (χ3v) is 4.83. The highest BCUT2D eigenvalue weighted by Crippen LogP contribution is 2.42. The summed E-state index contributed by atoms with van der Waals surface area (Å²) < 4.78 is 39.2. The van der Waals surface area contributed by atoms with Crippen LogP contribution in [0.3, 0.4) is 0 Å². The van der Waals surface area contributed by atoms with Crippen LogP contribution in [0, 0.1) is 17.8 Å². The average Bonchev–Trinajstić information content (AvgIpc) is 2.40. The highest BCUT2D eigenvalue weighted by molar-refractivity contribution is 5.79. The number of nitrogens with two attached hydrogens (primary N) is 1. The highest BCUT2D eigenvalue weighted by atomic mass is 19.4. The zero-order valence-corrected chi connectivity index (χ0v) is 11.8. The first-order valence-electron chi connectivity index (χ1n) is 7.41. The van der Waals surface area contributed by atoms with Gasteiger partial charge in [0.15, 0.2) is 0 Å². The molecule has 0 aromatic heterocycles. The van der Waals surface area contributed by atoms with Gasteiger partial charge in [0.2, 0.25) is 5.91 Å². The molecule has 2 fully saturated rings. The number of hydrogen-bond donors (Lipinski definition) is 1. The van der Waals surface area contributed by atoms with Crippen LogP contribution < -0.4 is 5.73 Å². The molecule has 4 unspecified atom stereocenters. The molecule has 0 radical (unpaired) electrons. The summed E-state index contributed by atoms with van der Waals surface area (Å²) >= 11 is 0. The summed E-state index contributed by atoms with van der Waals surface area (Å²) in [6.45, 7) is 2.95. The Balaban J connectivity index is 2.06. The smallest absolute Gasteiger partial charge is 0.341 e. The van der Waals surface area contributed by atoms with Crippen LogP contribution in [0.5, 0.6) is 0 Å². The number of amides is 1. The predicted molar refractivity (Wildman–Crippen MR) is 69.8 cm³/mol. The van der Waals surface area contributed by atoms with Crippen LogP contribution in [-0.2, 0) is 4.79 Å². The van der Waals surface area contributed by atoms with Gasteiger partial charge < -0.3 is 10.6 Å². The molecule has 0 spiro atoms. The molecule has 1 aliphatic heterocycles. The first kappa shape index (κ1) is 15.6. The fraction of sp³-hybridized carbons (Fsp3) is 0.929. The largest absolute Gasteiger partial charge is 0.392 e. The number of rotatable bonds is 1. The zero-order chi connectivity index (χ0) is 14.9. The van der Waals surface area contributed by atoms with Gasteiger partial charge in [-0.3, -0.25) is 4.79 Å². The molecular formula is C14H23F3N2O. The summed E-state index contributed by atoms with van der Waals surface area (Å²) in [6.07, 6.45) is -1.80. The number of nitrogens with zero attached hydrogens (tertiary/aromatic N) is 1. The summed E-state index contributed by atoms with van der Waals surface area (Å²) in [5.74, 6) is -2.39. The molecule has 6 heteroatoms. The normalized spacial score (nSPS) is 36.0. The molecule has 1 aliphatic carbocycles. The van der Waals surface area contributed by atoms with Crippen molar-refractivity contribution in [3.05, 3.63) is 0 Å². The lowest BCUT2D eigenvalue weighted by atomic mass is 9.77. The van der Waals surface area contributed by atoms with Crippen LogP contribution >= 0.6 is 0 Å². The second kappa shape index (κ2) is 5.92. The number of hydrogen-bond acceptors (Lipinski definition) is 2. The van der Waals surface area contributed by atoms with Gasteiger partial charge in [0.05, 0.1) is 5.92 Å². The highest BCUT2D eigenvalue weighted by Gasteiger charge is 2.49. The van der Waals surface area contributed by atoms with E-state index in [-0.39, 0.29) is 18.4 Å². The Labute approximate surface area is 117 Å². The van der Waals surface area contributed by atoms with Crippen molar-refractivity contribution in [2.24, 2.45) is 23.5 Å². The van der Waals surface area contributed by atoms with Gasteiger partial charge in [0.1, 0.15) is 0 Å². The minimum atomic E-state index is -4.27. The topological polar surface area (TPSA) is 46.3 Å². The van der Waals surface area contributed by atoms with E-state index >= 15 is 0 Å². The molecule has 0 bridgehead atoms. The van der Waals surface area contributed by atoms with Crippen molar-refractivity contribution in [3.8, 4) is 0 Å². The molecule has 2 aliphatic rings. The number of carbonyl (C=O) groups excluding carboxylic acids is 1. The van der Waals surface area contributed by atoms with Gasteiger partial charge in [-0.05, 0) is 25.2 Å². The van der Waals surface area contributed by atoms with E-state index in [1.807, 2.05) is 6.92 Å². The molecule has 116 valence electrons. The quantitative estimate of drug-likeness (QED) is 0.807. The van der Waals surface area contributed by atoms with Gasteiger partial charge in [-0.2, -0.15) is 13.2 Å². The van der Waals surface area contributed by atoms with E-state index in [4.69, 9.17) is 5.73 Å². The van der Waals surface area contributed by atoms with Crippen molar-refractivity contribution in [3.63, 3.8) is 0 Å². The van der Waals surface area contributed by atoms with E-state index in [0.29, 0.717) is 38.3 Å². The lowest BCUT2D eigenvalue weighted by Gasteiger charge is -2.40. The Bertz CT molecular complexity index is 359. The standard InChI is InChI=1S/C14H23F3N2O/c1-9-6-7-19(8-12(9)18)13(20)10-4-2-3-5-11(10)14(15,16)17/h9-12H,2-8,18H2,1H3. The van der Waals surface area contributed by atoms with Gasteiger partial charge >= 0.3 is 6.18 Å².